The van der Waals surface area contributed by atoms with Crippen LogP contribution in [-0.4, -0.2) is 12.2 Å². The molecule has 0 radical (unpaired) electrons. The standard InChI is InChI=1S/C15H20O2/c1-17-11-12-7-9-14(10-8-12)15(16)13-5-3-2-4-6-13/h5,7-10,15-16H,2-4,6,11H2,1H3. The van der Waals surface area contributed by atoms with Crippen LogP contribution in [0.5, 0.6) is 0 Å². The molecule has 1 aliphatic carbocycles. The molecule has 92 valence electrons. The topological polar surface area (TPSA) is 29.5 Å². The van der Waals surface area contributed by atoms with Crippen LogP contribution in [-0.2, 0) is 11.3 Å². The van der Waals surface area contributed by atoms with Crippen molar-refractivity contribution < 1.29 is 9.84 Å². The highest BCUT2D eigenvalue weighted by atomic mass is 16.5. The number of aliphatic hydroxyl groups is 1. The molecule has 1 aromatic rings. The minimum Gasteiger partial charge on any atom is -0.384 e. The first-order valence-corrected chi connectivity index (χ1v) is 6.26. The van der Waals surface area contributed by atoms with E-state index in [1.807, 2.05) is 24.3 Å². The Morgan fingerprint density at radius 1 is 1.24 bits per heavy atom. The molecule has 2 heteroatoms. The molecular weight excluding hydrogens is 212 g/mol. The summed E-state index contributed by atoms with van der Waals surface area (Å²) >= 11 is 0. The van der Waals surface area contributed by atoms with Gasteiger partial charge in [-0.1, -0.05) is 30.3 Å². The van der Waals surface area contributed by atoms with Crippen LogP contribution in [0, 0.1) is 0 Å². The highest BCUT2D eigenvalue weighted by Gasteiger charge is 2.14. The van der Waals surface area contributed by atoms with Crippen LogP contribution < -0.4 is 0 Å². The van der Waals surface area contributed by atoms with Gasteiger partial charge in [-0.15, -0.1) is 0 Å². The third-order valence-corrected chi connectivity index (χ3v) is 3.28. The van der Waals surface area contributed by atoms with Crippen LogP contribution >= 0.6 is 0 Å². The van der Waals surface area contributed by atoms with Gasteiger partial charge in [0.15, 0.2) is 0 Å². The average molecular weight is 232 g/mol. The zero-order chi connectivity index (χ0) is 12.1. The quantitative estimate of drug-likeness (QED) is 0.806. The molecule has 1 unspecified atom stereocenters. The molecule has 1 N–H and O–H groups in total. The summed E-state index contributed by atoms with van der Waals surface area (Å²) < 4.78 is 5.07. The smallest absolute Gasteiger partial charge is 0.100 e. The van der Waals surface area contributed by atoms with Gasteiger partial charge in [-0.25, -0.2) is 0 Å². The molecule has 0 heterocycles. The monoisotopic (exact) mass is 232 g/mol. The highest BCUT2D eigenvalue weighted by Crippen LogP contribution is 2.29. The maximum atomic E-state index is 10.3. The predicted octanol–water partition coefficient (Wildman–Crippen LogP) is 3.37. The van der Waals surface area contributed by atoms with Crippen molar-refractivity contribution in [3.8, 4) is 0 Å². The largest absolute Gasteiger partial charge is 0.384 e. The summed E-state index contributed by atoms with van der Waals surface area (Å²) in [7, 11) is 1.69. The minimum absolute atomic E-state index is 0.424. The van der Waals surface area contributed by atoms with E-state index in [2.05, 4.69) is 6.08 Å². The van der Waals surface area contributed by atoms with Gasteiger partial charge in [0.25, 0.3) is 0 Å². The maximum Gasteiger partial charge on any atom is 0.100 e. The molecule has 0 amide bonds. The Hall–Kier alpha value is -1.12. The third-order valence-electron chi connectivity index (χ3n) is 3.28. The van der Waals surface area contributed by atoms with Gasteiger partial charge >= 0.3 is 0 Å². The number of allylic oxidation sites excluding steroid dienone is 1. The van der Waals surface area contributed by atoms with Gasteiger partial charge < -0.3 is 9.84 Å². The summed E-state index contributed by atoms with van der Waals surface area (Å²) in [5, 5.41) is 10.3. The van der Waals surface area contributed by atoms with Gasteiger partial charge in [0.2, 0.25) is 0 Å². The lowest BCUT2D eigenvalue weighted by atomic mass is 9.91. The van der Waals surface area contributed by atoms with Crippen molar-refractivity contribution in [1.82, 2.24) is 0 Å². The lowest BCUT2D eigenvalue weighted by molar-refractivity contribution is 0.184. The van der Waals surface area contributed by atoms with Gasteiger partial charge in [-0.05, 0) is 42.4 Å². The first kappa shape index (κ1) is 12.3. The molecule has 0 saturated heterocycles. The number of benzene rings is 1. The molecule has 0 aliphatic heterocycles. The molecule has 17 heavy (non-hydrogen) atoms. The van der Waals surface area contributed by atoms with Gasteiger partial charge in [-0.2, -0.15) is 0 Å². The van der Waals surface area contributed by atoms with Crippen LogP contribution in [0.25, 0.3) is 0 Å². The Morgan fingerprint density at radius 2 is 2.00 bits per heavy atom. The van der Waals surface area contributed by atoms with Crippen molar-refractivity contribution in [1.29, 1.82) is 0 Å². The molecule has 0 aromatic heterocycles. The molecule has 0 spiro atoms. The lowest BCUT2D eigenvalue weighted by Gasteiger charge is -2.19. The summed E-state index contributed by atoms with van der Waals surface area (Å²) in [6.07, 6.45) is 6.35. The van der Waals surface area contributed by atoms with Crippen molar-refractivity contribution >= 4 is 0 Å². The van der Waals surface area contributed by atoms with Crippen LogP contribution in [0.2, 0.25) is 0 Å². The minimum atomic E-state index is -0.424. The van der Waals surface area contributed by atoms with Crippen LogP contribution in [0.1, 0.15) is 42.9 Å². The van der Waals surface area contributed by atoms with E-state index in [1.54, 1.807) is 7.11 Å². The van der Waals surface area contributed by atoms with Crippen LogP contribution in [0.15, 0.2) is 35.9 Å². The number of ether oxygens (including phenoxy) is 1. The molecule has 2 nitrogen and oxygen atoms in total. The summed E-state index contributed by atoms with van der Waals surface area (Å²) in [5.41, 5.74) is 3.30. The van der Waals surface area contributed by atoms with Crippen molar-refractivity contribution in [2.75, 3.05) is 7.11 Å². The van der Waals surface area contributed by atoms with Crippen molar-refractivity contribution in [3.05, 3.63) is 47.0 Å². The van der Waals surface area contributed by atoms with E-state index in [-0.39, 0.29) is 0 Å². The highest BCUT2D eigenvalue weighted by molar-refractivity contribution is 5.29. The SMILES string of the molecule is COCc1ccc(C(O)C2=CCCCC2)cc1. The summed E-state index contributed by atoms with van der Waals surface area (Å²) in [6, 6.07) is 8.03. The summed E-state index contributed by atoms with van der Waals surface area (Å²) in [4.78, 5) is 0. The zero-order valence-corrected chi connectivity index (χ0v) is 10.4. The molecule has 0 fully saturated rings. The fraction of sp³-hybridized carbons (Fsp3) is 0.467. The van der Waals surface area contributed by atoms with Gasteiger partial charge in [0.1, 0.15) is 6.10 Å². The molecule has 0 saturated carbocycles. The number of hydrogen-bond acceptors (Lipinski definition) is 2. The van der Waals surface area contributed by atoms with Crippen LogP contribution in [0.3, 0.4) is 0 Å². The lowest BCUT2D eigenvalue weighted by Crippen LogP contribution is -2.04. The summed E-state index contributed by atoms with van der Waals surface area (Å²) in [6.45, 7) is 0.624. The predicted molar refractivity (Wildman–Crippen MR) is 68.7 cm³/mol. The number of rotatable bonds is 4. The molecule has 1 aliphatic rings. The normalized spacial score (nSPS) is 17.6. The Bertz CT molecular complexity index is 378. The maximum absolute atomic E-state index is 10.3. The van der Waals surface area contributed by atoms with Gasteiger partial charge in [0.05, 0.1) is 6.61 Å². The van der Waals surface area contributed by atoms with E-state index >= 15 is 0 Å². The number of aliphatic hydroxyl groups excluding tert-OH is 1. The molecule has 1 atom stereocenters. The fourth-order valence-corrected chi connectivity index (χ4v) is 2.29. The Labute approximate surface area is 103 Å². The molecular formula is C15H20O2. The van der Waals surface area contributed by atoms with Crippen molar-refractivity contribution in [2.24, 2.45) is 0 Å². The van der Waals surface area contributed by atoms with E-state index in [9.17, 15) is 5.11 Å². The number of methoxy groups -OCH3 is 1. The summed E-state index contributed by atoms with van der Waals surface area (Å²) in [5.74, 6) is 0. The zero-order valence-electron chi connectivity index (χ0n) is 10.4. The molecule has 2 rings (SSSR count). The Morgan fingerprint density at radius 3 is 2.59 bits per heavy atom. The second kappa shape index (κ2) is 5.99. The first-order valence-electron chi connectivity index (χ1n) is 6.26. The molecule has 0 bridgehead atoms. The molecule has 1 aromatic carbocycles. The first-order chi connectivity index (χ1) is 8.31. The van der Waals surface area contributed by atoms with Crippen LogP contribution in [0.4, 0.5) is 0 Å². The average Bonchev–Trinajstić information content (AvgIpc) is 2.40. The number of hydrogen-bond donors (Lipinski definition) is 1. The second-order valence-electron chi connectivity index (χ2n) is 4.60. The van der Waals surface area contributed by atoms with E-state index in [0.29, 0.717) is 6.61 Å². The van der Waals surface area contributed by atoms with Crippen molar-refractivity contribution in [2.45, 2.75) is 38.4 Å². The Kier molecular flexibility index (Phi) is 4.35. The van der Waals surface area contributed by atoms with Crippen molar-refractivity contribution in [3.63, 3.8) is 0 Å². The van der Waals surface area contributed by atoms with E-state index in [4.69, 9.17) is 4.74 Å². The second-order valence-corrected chi connectivity index (χ2v) is 4.60. The Balaban J connectivity index is 2.08. The van der Waals surface area contributed by atoms with E-state index in [0.717, 1.165) is 24.0 Å². The van der Waals surface area contributed by atoms with Gasteiger partial charge in [0, 0.05) is 7.11 Å². The van der Waals surface area contributed by atoms with Gasteiger partial charge in [-0.3, -0.25) is 0 Å². The third kappa shape index (κ3) is 3.18. The van der Waals surface area contributed by atoms with E-state index < -0.39 is 6.10 Å². The van der Waals surface area contributed by atoms with E-state index in [1.165, 1.54) is 18.4 Å². The fourth-order valence-electron chi connectivity index (χ4n) is 2.29.